The van der Waals surface area contributed by atoms with Gasteiger partial charge in [0.05, 0.1) is 13.7 Å². The van der Waals surface area contributed by atoms with Crippen LogP contribution in [0.5, 0.6) is 5.75 Å². The summed E-state index contributed by atoms with van der Waals surface area (Å²) in [6, 6.07) is 8.18. The molecule has 3 heteroatoms. The number of aryl methyl sites for hydroxylation is 1. The monoisotopic (exact) mass is 250 g/mol. The van der Waals surface area contributed by atoms with Crippen molar-refractivity contribution in [3.05, 3.63) is 29.8 Å². The Labute approximate surface area is 109 Å². The summed E-state index contributed by atoms with van der Waals surface area (Å²) in [6.07, 6.45) is 4.40. The zero-order valence-corrected chi connectivity index (χ0v) is 11.3. The maximum absolute atomic E-state index is 10.9. The highest BCUT2D eigenvalue weighted by molar-refractivity contribution is 5.68. The van der Waals surface area contributed by atoms with Crippen molar-refractivity contribution in [2.24, 2.45) is 0 Å². The molecule has 0 aliphatic heterocycles. The van der Waals surface area contributed by atoms with Crippen molar-refractivity contribution in [3.63, 3.8) is 0 Å². The van der Waals surface area contributed by atoms with Crippen molar-refractivity contribution in [3.8, 4) is 5.75 Å². The molecular formula is C15H22O3. The Hall–Kier alpha value is -1.51. The molecule has 100 valence electrons. The molecule has 18 heavy (non-hydrogen) atoms. The van der Waals surface area contributed by atoms with Gasteiger partial charge in [-0.05, 0) is 43.4 Å². The molecule has 1 aromatic carbocycles. The number of carbonyl (C=O) groups is 1. The normalized spacial score (nSPS) is 10.1. The standard InChI is InChI=1S/C15H22O3/c1-3-12-18-14-10-8-13(9-11-14)6-4-5-7-15(16)17-2/h8-11H,3-7,12H2,1-2H3. The van der Waals surface area contributed by atoms with E-state index in [4.69, 9.17) is 4.74 Å². The molecule has 0 aliphatic rings. The van der Waals surface area contributed by atoms with Crippen LogP contribution in [-0.4, -0.2) is 19.7 Å². The fourth-order valence-electron chi connectivity index (χ4n) is 1.67. The number of hydrogen-bond acceptors (Lipinski definition) is 3. The molecule has 0 saturated heterocycles. The molecule has 0 radical (unpaired) electrons. The molecule has 0 unspecified atom stereocenters. The second kappa shape index (κ2) is 8.56. The molecule has 0 amide bonds. The van der Waals surface area contributed by atoms with Crippen molar-refractivity contribution >= 4 is 5.97 Å². The number of esters is 1. The third-order valence-electron chi connectivity index (χ3n) is 2.72. The highest BCUT2D eigenvalue weighted by Crippen LogP contribution is 2.14. The van der Waals surface area contributed by atoms with Crippen LogP contribution < -0.4 is 4.74 Å². The minimum atomic E-state index is -0.127. The van der Waals surface area contributed by atoms with Crippen molar-refractivity contribution in [2.75, 3.05) is 13.7 Å². The largest absolute Gasteiger partial charge is 0.494 e. The van der Waals surface area contributed by atoms with Gasteiger partial charge in [0.25, 0.3) is 0 Å². The molecule has 1 rings (SSSR count). The number of carbonyl (C=O) groups excluding carboxylic acids is 1. The van der Waals surface area contributed by atoms with Crippen LogP contribution in [-0.2, 0) is 16.0 Å². The lowest BCUT2D eigenvalue weighted by molar-refractivity contribution is -0.140. The number of methoxy groups -OCH3 is 1. The number of hydrogen-bond donors (Lipinski definition) is 0. The molecule has 0 heterocycles. The SMILES string of the molecule is CCCOc1ccc(CCCCC(=O)OC)cc1. The first-order valence-corrected chi connectivity index (χ1v) is 6.54. The van der Waals surface area contributed by atoms with E-state index in [9.17, 15) is 4.79 Å². The quantitative estimate of drug-likeness (QED) is 0.524. The maximum Gasteiger partial charge on any atom is 0.305 e. The summed E-state index contributed by atoms with van der Waals surface area (Å²) in [7, 11) is 1.43. The van der Waals surface area contributed by atoms with Gasteiger partial charge < -0.3 is 9.47 Å². The summed E-state index contributed by atoms with van der Waals surface area (Å²) in [5.41, 5.74) is 1.28. The van der Waals surface area contributed by atoms with Gasteiger partial charge in [-0.15, -0.1) is 0 Å². The summed E-state index contributed by atoms with van der Waals surface area (Å²) in [5.74, 6) is 0.800. The average Bonchev–Trinajstić information content (AvgIpc) is 2.42. The molecular weight excluding hydrogens is 228 g/mol. The number of ether oxygens (including phenoxy) is 2. The van der Waals surface area contributed by atoms with Gasteiger partial charge >= 0.3 is 5.97 Å². The molecule has 0 spiro atoms. The molecule has 0 bridgehead atoms. The predicted molar refractivity (Wildman–Crippen MR) is 71.8 cm³/mol. The highest BCUT2D eigenvalue weighted by atomic mass is 16.5. The number of rotatable bonds is 8. The zero-order valence-electron chi connectivity index (χ0n) is 11.3. The van der Waals surface area contributed by atoms with Crippen LogP contribution in [0.3, 0.4) is 0 Å². The van der Waals surface area contributed by atoms with E-state index < -0.39 is 0 Å². The first kappa shape index (κ1) is 14.6. The van der Waals surface area contributed by atoms with E-state index in [1.165, 1.54) is 12.7 Å². The van der Waals surface area contributed by atoms with E-state index in [1.54, 1.807) is 0 Å². The summed E-state index contributed by atoms with van der Waals surface area (Å²) >= 11 is 0. The van der Waals surface area contributed by atoms with E-state index in [-0.39, 0.29) is 5.97 Å². The van der Waals surface area contributed by atoms with Gasteiger partial charge in [-0.3, -0.25) is 4.79 Å². The first-order chi connectivity index (χ1) is 8.76. The van der Waals surface area contributed by atoms with Crippen LogP contribution in [0.2, 0.25) is 0 Å². The Kier molecular flexibility index (Phi) is 6.92. The Balaban J connectivity index is 2.24. The van der Waals surface area contributed by atoms with Gasteiger partial charge in [0, 0.05) is 6.42 Å². The molecule has 0 saturated carbocycles. The van der Waals surface area contributed by atoms with Crippen LogP contribution in [0.1, 0.15) is 38.2 Å². The first-order valence-electron chi connectivity index (χ1n) is 6.54. The Morgan fingerprint density at radius 1 is 1.17 bits per heavy atom. The summed E-state index contributed by atoms with van der Waals surface area (Å²) in [5, 5.41) is 0. The van der Waals surface area contributed by atoms with Crippen LogP contribution in [0.15, 0.2) is 24.3 Å². The van der Waals surface area contributed by atoms with E-state index in [0.29, 0.717) is 6.42 Å². The second-order valence-electron chi connectivity index (χ2n) is 4.28. The maximum atomic E-state index is 10.9. The Morgan fingerprint density at radius 3 is 2.50 bits per heavy atom. The predicted octanol–water partition coefficient (Wildman–Crippen LogP) is 3.36. The number of unbranched alkanes of at least 4 members (excludes halogenated alkanes) is 1. The molecule has 0 aliphatic carbocycles. The third-order valence-corrected chi connectivity index (χ3v) is 2.72. The van der Waals surface area contributed by atoms with Crippen LogP contribution >= 0.6 is 0 Å². The van der Waals surface area contributed by atoms with E-state index in [2.05, 4.69) is 23.8 Å². The second-order valence-corrected chi connectivity index (χ2v) is 4.28. The fourth-order valence-corrected chi connectivity index (χ4v) is 1.67. The summed E-state index contributed by atoms with van der Waals surface area (Å²) in [4.78, 5) is 10.9. The number of benzene rings is 1. The highest BCUT2D eigenvalue weighted by Gasteiger charge is 2.00. The van der Waals surface area contributed by atoms with Gasteiger partial charge in [-0.1, -0.05) is 19.1 Å². The lowest BCUT2D eigenvalue weighted by atomic mass is 10.1. The molecule has 3 nitrogen and oxygen atoms in total. The summed E-state index contributed by atoms with van der Waals surface area (Å²) in [6.45, 7) is 2.86. The van der Waals surface area contributed by atoms with Gasteiger partial charge in [-0.2, -0.15) is 0 Å². The topological polar surface area (TPSA) is 35.5 Å². The van der Waals surface area contributed by atoms with E-state index in [0.717, 1.165) is 38.0 Å². The summed E-state index contributed by atoms with van der Waals surface area (Å²) < 4.78 is 10.1. The van der Waals surface area contributed by atoms with Crippen molar-refractivity contribution < 1.29 is 14.3 Å². The minimum Gasteiger partial charge on any atom is -0.494 e. The van der Waals surface area contributed by atoms with Gasteiger partial charge in [0.15, 0.2) is 0 Å². The molecule has 0 atom stereocenters. The molecule has 1 aromatic rings. The zero-order chi connectivity index (χ0) is 13.2. The molecule has 0 aromatic heterocycles. The van der Waals surface area contributed by atoms with E-state index in [1.807, 2.05) is 12.1 Å². The van der Waals surface area contributed by atoms with Gasteiger partial charge in [0.2, 0.25) is 0 Å². The molecule has 0 fully saturated rings. The fraction of sp³-hybridized carbons (Fsp3) is 0.533. The van der Waals surface area contributed by atoms with Crippen LogP contribution in [0.25, 0.3) is 0 Å². The molecule has 0 N–H and O–H groups in total. The third kappa shape index (κ3) is 5.71. The van der Waals surface area contributed by atoms with Gasteiger partial charge in [0.1, 0.15) is 5.75 Å². The smallest absolute Gasteiger partial charge is 0.305 e. The van der Waals surface area contributed by atoms with Gasteiger partial charge in [-0.25, -0.2) is 0 Å². The van der Waals surface area contributed by atoms with E-state index >= 15 is 0 Å². The van der Waals surface area contributed by atoms with Crippen molar-refractivity contribution in [1.82, 2.24) is 0 Å². The average molecular weight is 250 g/mol. The lowest BCUT2D eigenvalue weighted by Gasteiger charge is -2.06. The lowest BCUT2D eigenvalue weighted by Crippen LogP contribution is -1.99. The van der Waals surface area contributed by atoms with Crippen molar-refractivity contribution in [1.29, 1.82) is 0 Å². The Morgan fingerprint density at radius 2 is 1.89 bits per heavy atom. The van der Waals surface area contributed by atoms with Crippen molar-refractivity contribution in [2.45, 2.75) is 39.0 Å². The minimum absolute atomic E-state index is 0.127. The van der Waals surface area contributed by atoms with Crippen LogP contribution in [0.4, 0.5) is 0 Å². The Bertz CT molecular complexity index is 343. The van der Waals surface area contributed by atoms with Crippen LogP contribution in [0, 0.1) is 0 Å².